The topological polar surface area (TPSA) is 71.8 Å². The van der Waals surface area contributed by atoms with E-state index in [1.165, 1.54) is 17.6 Å². The molecule has 3 aromatic heterocycles. The molecule has 0 spiro atoms. The second-order valence-electron chi connectivity index (χ2n) is 4.33. The first-order valence-corrected chi connectivity index (χ1v) is 6.47. The average molecular weight is 261 g/mol. The number of nitrogens with one attached hydrogen (secondary N) is 1. The van der Waals surface area contributed by atoms with Gasteiger partial charge in [-0.3, -0.25) is 4.79 Å². The highest BCUT2D eigenvalue weighted by molar-refractivity contribution is 7.16. The Morgan fingerprint density at radius 3 is 2.94 bits per heavy atom. The summed E-state index contributed by atoms with van der Waals surface area (Å²) in [5.74, 6) is 0.748. The molecule has 3 aromatic rings. The maximum absolute atomic E-state index is 12.1. The largest absolute Gasteiger partial charge is 0.364 e. The molecule has 0 bridgehead atoms. The SMILES string of the molecule is CC(C)c1csc2nc(-c3ccon3)[nH]c(=O)c12. The lowest BCUT2D eigenvalue weighted by Crippen LogP contribution is -2.10. The summed E-state index contributed by atoms with van der Waals surface area (Å²) in [4.78, 5) is 20.0. The summed E-state index contributed by atoms with van der Waals surface area (Å²) in [6.07, 6.45) is 1.45. The summed E-state index contributed by atoms with van der Waals surface area (Å²) in [6.45, 7) is 4.12. The van der Waals surface area contributed by atoms with Gasteiger partial charge >= 0.3 is 0 Å². The fraction of sp³-hybridized carbons (Fsp3) is 0.250. The van der Waals surface area contributed by atoms with Crippen LogP contribution >= 0.6 is 11.3 Å². The van der Waals surface area contributed by atoms with Crippen LogP contribution in [0.2, 0.25) is 0 Å². The van der Waals surface area contributed by atoms with Gasteiger partial charge in [-0.05, 0) is 16.9 Å². The summed E-state index contributed by atoms with van der Waals surface area (Å²) in [5, 5.41) is 6.45. The molecule has 0 amide bonds. The third-order valence-corrected chi connectivity index (χ3v) is 3.67. The first-order chi connectivity index (χ1) is 8.66. The number of H-pyrrole nitrogens is 1. The van der Waals surface area contributed by atoms with Crippen LogP contribution in [0.1, 0.15) is 25.3 Å². The monoisotopic (exact) mass is 261 g/mol. The molecule has 18 heavy (non-hydrogen) atoms. The van der Waals surface area contributed by atoms with Crippen LogP contribution < -0.4 is 5.56 Å². The summed E-state index contributed by atoms with van der Waals surface area (Å²) in [7, 11) is 0. The van der Waals surface area contributed by atoms with Gasteiger partial charge in [-0.1, -0.05) is 19.0 Å². The molecule has 3 heterocycles. The Bertz CT molecular complexity index is 740. The molecule has 0 saturated carbocycles. The number of thiophene rings is 1. The van der Waals surface area contributed by atoms with Crippen molar-refractivity contribution in [3.63, 3.8) is 0 Å². The van der Waals surface area contributed by atoms with Crippen molar-refractivity contribution in [3.05, 3.63) is 33.6 Å². The molecule has 92 valence electrons. The molecule has 6 heteroatoms. The molecule has 1 N–H and O–H groups in total. The van der Waals surface area contributed by atoms with Crippen LogP contribution in [0.15, 0.2) is 27.0 Å². The normalized spacial score (nSPS) is 11.5. The lowest BCUT2D eigenvalue weighted by Gasteiger charge is -2.02. The minimum Gasteiger partial charge on any atom is -0.364 e. The Balaban J connectivity index is 2.27. The van der Waals surface area contributed by atoms with Gasteiger partial charge in [0.05, 0.1) is 5.39 Å². The van der Waals surface area contributed by atoms with Crippen molar-refractivity contribution in [2.75, 3.05) is 0 Å². The molecule has 0 atom stereocenters. The molecule has 5 nitrogen and oxygen atoms in total. The van der Waals surface area contributed by atoms with E-state index in [4.69, 9.17) is 4.52 Å². The number of aromatic amines is 1. The number of hydrogen-bond donors (Lipinski definition) is 1. The van der Waals surface area contributed by atoms with Crippen LogP contribution in [-0.2, 0) is 0 Å². The van der Waals surface area contributed by atoms with Gasteiger partial charge in [-0.25, -0.2) is 4.98 Å². The Morgan fingerprint density at radius 1 is 1.44 bits per heavy atom. The average Bonchev–Trinajstić information content (AvgIpc) is 2.97. The van der Waals surface area contributed by atoms with E-state index >= 15 is 0 Å². The zero-order valence-corrected chi connectivity index (χ0v) is 10.7. The number of fused-ring (bicyclic) bond motifs is 1. The molecule has 0 aliphatic rings. The van der Waals surface area contributed by atoms with Crippen molar-refractivity contribution in [1.29, 1.82) is 0 Å². The quantitative estimate of drug-likeness (QED) is 0.770. The minimum absolute atomic E-state index is 0.122. The molecule has 0 saturated heterocycles. The molecule has 0 aliphatic heterocycles. The first-order valence-electron chi connectivity index (χ1n) is 5.59. The third-order valence-electron chi connectivity index (χ3n) is 2.77. The van der Waals surface area contributed by atoms with E-state index in [2.05, 4.69) is 29.0 Å². The van der Waals surface area contributed by atoms with Gasteiger partial charge < -0.3 is 9.51 Å². The van der Waals surface area contributed by atoms with Crippen molar-refractivity contribution in [1.82, 2.24) is 15.1 Å². The first kappa shape index (κ1) is 11.2. The summed E-state index contributed by atoms with van der Waals surface area (Å²) < 4.78 is 4.76. The molecule has 0 aliphatic carbocycles. The van der Waals surface area contributed by atoms with E-state index in [1.807, 2.05) is 5.38 Å². The lowest BCUT2D eigenvalue weighted by molar-refractivity contribution is 0.422. The van der Waals surface area contributed by atoms with Gasteiger partial charge in [0.2, 0.25) is 0 Å². The van der Waals surface area contributed by atoms with Gasteiger partial charge in [-0.15, -0.1) is 11.3 Å². The third kappa shape index (κ3) is 1.65. The second kappa shape index (κ2) is 4.06. The smallest absolute Gasteiger partial charge is 0.260 e. The fourth-order valence-electron chi connectivity index (χ4n) is 1.85. The van der Waals surface area contributed by atoms with Crippen LogP contribution in [0.25, 0.3) is 21.7 Å². The van der Waals surface area contributed by atoms with Crippen LogP contribution in [0.3, 0.4) is 0 Å². The maximum atomic E-state index is 12.1. The van der Waals surface area contributed by atoms with Crippen LogP contribution in [-0.4, -0.2) is 15.1 Å². The summed E-state index contributed by atoms with van der Waals surface area (Å²) in [5.41, 5.74) is 1.45. The predicted molar refractivity (Wildman–Crippen MR) is 69.8 cm³/mol. The van der Waals surface area contributed by atoms with Crippen molar-refractivity contribution in [2.24, 2.45) is 0 Å². The van der Waals surface area contributed by atoms with E-state index < -0.39 is 0 Å². The highest BCUT2D eigenvalue weighted by atomic mass is 32.1. The van der Waals surface area contributed by atoms with Crippen molar-refractivity contribution in [3.8, 4) is 11.5 Å². The van der Waals surface area contributed by atoms with Crippen LogP contribution in [0.4, 0.5) is 0 Å². The van der Waals surface area contributed by atoms with Gasteiger partial charge in [-0.2, -0.15) is 0 Å². The number of nitrogens with zero attached hydrogens (tertiary/aromatic N) is 2. The number of hydrogen-bond acceptors (Lipinski definition) is 5. The van der Waals surface area contributed by atoms with Crippen molar-refractivity contribution in [2.45, 2.75) is 19.8 Å². The molecular weight excluding hydrogens is 250 g/mol. The Kier molecular flexibility index (Phi) is 2.52. The van der Waals surface area contributed by atoms with E-state index in [0.29, 0.717) is 22.8 Å². The van der Waals surface area contributed by atoms with Crippen molar-refractivity contribution < 1.29 is 4.52 Å². The molecular formula is C12H11N3O2S. The van der Waals surface area contributed by atoms with Crippen LogP contribution in [0.5, 0.6) is 0 Å². The van der Waals surface area contributed by atoms with E-state index in [1.54, 1.807) is 6.07 Å². The van der Waals surface area contributed by atoms with E-state index in [-0.39, 0.29) is 5.56 Å². The maximum Gasteiger partial charge on any atom is 0.260 e. The molecule has 3 rings (SSSR count). The van der Waals surface area contributed by atoms with Gasteiger partial charge in [0, 0.05) is 6.07 Å². The van der Waals surface area contributed by atoms with E-state index in [0.717, 1.165) is 10.4 Å². The molecule has 0 unspecified atom stereocenters. The molecule has 0 radical (unpaired) electrons. The Labute approximate surface area is 106 Å². The lowest BCUT2D eigenvalue weighted by atomic mass is 10.0. The zero-order chi connectivity index (χ0) is 12.7. The van der Waals surface area contributed by atoms with E-state index in [9.17, 15) is 4.79 Å². The minimum atomic E-state index is -0.122. The standard InChI is InChI=1S/C12H11N3O2S/c1-6(2)7-5-18-12-9(7)11(16)13-10(14-12)8-3-4-17-15-8/h3-6H,1-2H3,(H,13,14,16). The number of rotatable bonds is 2. The highest BCUT2D eigenvalue weighted by Crippen LogP contribution is 2.28. The highest BCUT2D eigenvalue weighted by Gasteiger charge is 2.14. The Morgan fingerprint density at radius 2 is 2.28 bits per heavy atom. The fourth-order valence-corrected chi connectivity index (χ4v) is 2.95. The number of aromatic nitrogens is 3. The molecule has 0 fully saturated rings. The second-order valence-corrected chi connectivity index (χ2v) is 5.18. The van der Waals surface area contributed by atoms with Crippen LogP contribution in [0, 0.1) is 0 Å². The van der Waals surface area contributed by atoms with Gasteiger partial charge in [0.15, 0.2) is 5.82 Å². The van der Waals surface area contributed by atoms with Gasteiger partial charge in [0.25, 0.3) is 5.56 Å². The van der Waals surface area contributed by atoms with Gasteiger partial charge in [0.1, 0.15) is 16.8 Å². The summed E-state index contributed by atoms with van der Waals surface area (Å²) >= 11 is 1.48. The predicted octanol–water partition coefficient (Wildman–Crippen LogP) is 2.76. The zero-order valence-electron chi connectivity index (χ0n) is 9.93. The van der Waals surface area contributed by atoms with Crippen molar-refractivity contribution >= 4 is 21.6 Å². The Hall–Kier alpha value is -1.95. The summed E-state index contributed by atoms with van der Waals surface area (Å²) in [6, 6.07) is 1.67. The molecule has 0 aromatic carbocycles.